The predicted octanol–water partition coefficient (Wildman–Crippen LogP) is 1.28. The lowest BCUT2D eigenvalue weighted by atomic mass is 9.97. The van der Waals surface area contributed by atoms with E-state index < -0.39 is 17.8 Å². The van der Waals surface area contributed by atoms with E-state index in [1.807, 2.05) is 12.1 Å². The van der Waals surface area contributed by atoms with Gasteiger partial charge in [-0.15, -0.1) is 0 Å². The van der Waals surface area contributed by atoms with Crippen molar-refractivity contribution in [1.29, 1.82) is 0 Å². The van der Waals surface area contributed by atoms with Crippen LogP contribution in [-0.2, 0) is 22.3 Å². The van der Waals surface area contributed by atoms with Crippen LogP contribution in [0.5, 0.6) is 0 Å². The molecule has 0 aliphatic carbocycles. The van der Waals surface area contributed by atoms with E-state index in [1.54, 1.807) is 4.90 Å². The number of allylic oxidation sites excluding steroid dienone is 1. The Hall–Kier alpha value is -4.34. The Labute approximate surface area is 345 Å². The van der Waals surface area contributed by atoms with Crippen LogP contribution in [0.2, 0.25) is 0 Å². The Morgan fingerprint density at radius 3 is 2.29 bits per heavy atom. The second kappa shape index (κ2) is 21.6. The van der Waals surface area contributed by atoms with Crippen molar-refractivity contribution in [3.05, 3.63) is 53.0 Å². The first-order valence-corrected chi connectivity index (χ1v) is 19.1. The number of carbonyl (C=O) groups excluding carboxylic acids is 3. The maximum absolute atomic E-state index is 13.2. The zero-order valence-corrected chi connectivity index (χ0v) is 34.1. The molecular formula is C38H60F3N11O5S. The van der Waals surface area contributed by atoms with Gasteiger partial charge in [-0.2, -0.15) is 26.7 Å². The Kier molecular flexibility index (Phi) is 17.9. The number of nitrogens with zero attached hydrogens (tertiary/aromatic N) is 7. The molecule has 6 heterocycles. The number of fused-ring (bicyclic) bond motifs is 1. The highest BCUT2D eigenvalue weighted by Crippen LogP contribution is 2.34. The smallest absolute Gasteiger partial charge is 0.412 e. The first kappa shape index (κ1) is 48.0. The molecule has 16 nitrogen and oxygen atoms in total. The number of likely N-dealkylation sites (N-methyl/N-ethyl adjacent to an activating group) is 1. The third-order valence-corrected chi connectivity index (χ3v) is 11.1. The van der Waals surface area contributed by atoms with Crippen LogP contribution in [0.4, 0.5) is 24.8 Å². The number of nitrogens with one attached hydrogen (secondary N) is 3. The number of piperidine rings is 3. The van der Waals surface area contributed by atoms with Crippen LogP contribution in [0, 0.1) is 5.92 Å². The zero-order chi connectivity index (χ0) is 39.1. The normalized spacial score (nSPS) is 21.1. The van der Waals surface area contributed by atoms with Crippen LogP contribution in [0.15, 0.2) is 35.6 Å². The van der Waals surface area contributed by atoms with Gasteiger partial charge >= 0.3 is 6.18 Å². The molecule has 4 fully saturated rings. The molecule has 3 amide bonds. The van der Waals surface area contributed by atoms with Crippen molar-refractivity contribution in [2.75, 3.05) is 83.2 Å². The Morgan fingerprint density at radius 2 is 1.67 bits per heavy atom. The van der Waals surface area contributed by atoms with Gasteiger partial charge in [-0.1, -0.05) is 0 Å². The Morgan fingerprint density at radius 1 is 1.02 bits per heavy atom. The van der Waals surface area contributed by atoms with Gasteiger partial charge in [0.1, 0.15) is 11.6 Å². The monoisotopic (exact) mass is 839 g/mol. The van der Waals surface area contributed by atoms with E-state index in [4.69, 9.17) is 5.73 Å². The van der Waals surface area contributed by atoms with Crippen molar-refractivity contribution in [1.82, 2.24) is 35.3 Å². The molecule has 0 radical (unpaired) electrons. The molecule has 58 heavy (non-hydrogen) atoms. The van der Waals surface area contributed by atoms with E-state index in [2.05, 4.69) is 46.8 Å². The lowest BCUT2D eigenvalue weighted by Gasteiger charge is -2.38. The van der Waals surface area contributed by atoms with Crippen molar-refractivity contribution >= 4 is 54.6 Å². The van der Waals surface area contributed by atoms with Gasteiger partial charge in [0.25, 0.3) is 11.8 Å². The number of nitrogens with two attached hydrogens (primary N) is 1. The highest BCUT2D eigenvalue weighted by molar-refractivity contribution is 7.59. The summed E-state index contributed by atoms with van der Waals surface area (Å²) in [6, 6.07) is 5.67. The van der Waals surface area contributed by atoms with Gasteiger partial charge in [0.05, 0.1) is 5.69 Å². The molecule has 7 rings (SSSR count). The van der Waals surface area contributed by atoms with Gasteiger partial charge in [0.15, 0.2) is 0 Å². The summed E-state index contributed by atoms with van der Waals surface area (Å²) in [5, 5.41) is 9.74. The summed E-state index contributed by atoms with van der Waals surface area (Å²) in [6.45, 7) is 9.77. The van der Waals surface area contributed by atoms with Crippen LogP contribution in [0.25, 0.3) is 5.57 Å². The maximum Gasteiger partial charge on any atom is 0.419 e. The number of carbonyl (C=O) groups is 3. The minimum absolute atomic E-state index is 0. The summed E-state index contributed by atoms with van der Waals surface area (Å²) in [5.74, 6) is 0.435. The molecule has 1 unspecified atom stereocenters. The zero-order valence-electron chi connectivity index (χ0n) is 33.1. The summed E-state index contributed by atoms with van der Waals surface area (Å²) < 4.78 is 39.5. The molecule has 1 aromatic heterocycles. The standard InChI is InChI=1S/C24H33N5O3.C14H19F3N6.2H2O.H2S.H2/c1-26-22(30)5-4-21(24(26)32)29-16-18-14-19(2-3-20(18)23(29)31)28-12-10-27(11-13-28)15-17-6-8-25-9-7-17;1-19-7-9(6-18)12-11(14(15,16)17)8-21-13(23-12)22-10-2-4-20-5-3-10;;;;/h2-3,14,17,21,25H,4-13,15-16H2,1H3;6-8,10,20H,2-5,18H2,1H3,(H,21,22,23);3*1H2;1H/b;9-6+,19-7?;;;;. The van der Waals surface area contributed by atoms with Crippen LogP contribution < -0.4 is 26.6 Å². The number of hydrogen-bond acceptors (Lipinski definition) is 12. The number of alkyl halides is 3. The molecular weight excluding hydrogens is 780 g/mol. The molecule has 0 saturated carbocycles. The molecule has 4 saturated heterocycles. The van der Waals surface area contributed by atoms with Crippen molar-refractivity contribution in [2.45, 2.75) is 63.3 Å². The molecule has 0 spiro atoms. The number of hydrogen-bond donors (Lipinski definition) is 4. The third-order valence-electron chi connectivity index (χ3n) is 11.1. The number of piperazine rings is 1. The molecule has 324 valence electrons. The first-order chi connectivity index (χ1) is 26.5. The topological polar surface area (TPSA) is 227 Å². The molecule has 9 N–H and O–H groups in total. The van der Waals surface area contributed by atoms with E-state index >= 15 is 0 Å². The van der Waals surface area contributed by atoms with E-state index in [0.717, 1.165) is 94.8 Å². The van der Waals surface area contributed by atoms with Gasteiger partial charge in [0, 0.05) is 103 Å². The molecule has 5 aliphatic rings. The molecule has 1 aromatic carbocycles. The number of benzene rings is 1. The average Bonchev–Trinajstić information content (AvgIpc) is 3.51. The summed E-state index contributed by atoms with van der Waals surface area (Å²) in [5.41, 5.74) is 7.12. The van der Waals surface area contributed by atoms with Crippen LogP contribution in [0.1, 0.15) is 67.1 Å². The summed E-state index contributed by atoms with van der Waals surface area (Å²) in [4.78, 5) is 56.8. The third kappa shape index (κ3) is 11.4. The van der Waals surface area contributed by atoms with Crippen molar-refractivity contribution in [3.8, 4) is 0 Å². The van der Waals surface area contributed by atoms with E-state index in [-0.39, 0.29) is 66.9 Å². The van der Waals surface area contributed by atoms with Gasteiger partial charge < -0.3 is 42.4 Å². The largest absolute Gasteiger partial charge is 0.419 e. The van der Waals surface area contributed by atoms with Crippen molar-refractivity contribution in [2.24, 2.45) is 16.6 Å². The van der Waals surface area contributed by atoms with Gasteiger partial charge in [-0.25, -0.2) is 9.97 Å². The number of likely N-dealkylation sites (tertiary alicyclic amines) is 1. The number of imide groups is 1. The van der Waals surface area contributed by atoms with Crippen LogP contribution >= 0.6 is 13.5 Å². The number of aromatic nitrogens is 2. The van der Waals surface area contributed by atoms with E-state index in [0.29, 0.717) is 24.9 Å². The Bertz CT molecular complexity index is 1770. The van der Waals surface area contributed by atoms with Gasteiger partial charge in [0.2, 0.25) is 11.9 Å². The molecule has 20 heteroatoms. The second-order valence-electron chi connectivity index (χ2n) is 14.7. The fraction of sp³-hybridized carbons (Fsp3) is 0.579. The quantitative estimate of drug-likeness (QED) is 0.219. The second-order valence-corrected chi connectivity index (χ2v) is 14.7. The fourth-order valence-electron chi connectivity index (χ4n) is 7.93. The fourth-order valence-corrected chi connectivity index (χ4v) is 7.93. The maximum atomic E-state index is 13.2. The molecule has 0 bridgehead atoms. The summed E-state index contributed by atoms with van der Waals surface area (Å²) >= 11 is 0. The number of halogens is 3. The minimum atomic E-state index is -4.57. The highest BCUT2D eigenvalue weighted by atomic mass is 32.1. The van der Waals surface area contributed by atoms with Crippen molar-refractivity contribution in [3.63, 3.8) is 0 Å². The number of amides is 3. The van der Waals surface area contributed by atoms with E-state index in [9.17, 15) is 27.6 Å². The van der Waals surface area contributed by atoms with Crippen molar-refractivity contribution < 1.29 is 39.9 Å². The molecule has 5 aliphatic heterocycles. The molecule has 1 atom stereocenters. The van der Waals surface area contributed by atoms with Crippen LogP contribution in [-0.4, -0.2) is 145 Å². The average molecular weight is 840 g/mol. The van der Waals surface area contributed by atoms with Crippen LogP contribution in [0.3, 0.4) is 0 Å². The number of aliphatic imine (C=N–C) groups is 1. The minimum Gasteiger partial charge on any atom is -0.412 e. The number of rotatable bonds is 8. The first-order valence-electron chi connectivity index (χ1n) is 19.1. The SMILES string of the molecule is CN1C(=O)CCC(N2Cc3cc(N4CCN(CC5CCNCC5)CC4)ccc3C2=O)C1=O.CN=C/C(=C\N)c1nc(NC2CCNCC2)ncc1C(F)(F)F.O.O.S.[HH]. The lowest BCUT2D eigenvalue weighted by Crippen LogP contribution is -2.53. The van der Waals surface area contributed by atoms with Gasteiger partial charge in [-0.05, 0) is 88.0 Å². The predicted molar refractivity (Wildman–Crippen MR) is 224 cm³/mol. The van der Waals surface area contributed by atoms with E-state index in [1.165, 1.54) is 44.6 Å². The molecule has 2 aromatic rings. The lowest BCUT2D eigenvalue weighted by molar-refractivity contribution is -0.150. The Balaban J connectivity index is 0.000000400. The number of anilines is 2. The van der Waals surface area contributed by atoms with Gasteiger partial charge in [-0.3, -0.25) is 29.2 Å². The highest BCUT2D eigenvalue weighted by Gasteiger charge is 2.42. The summed E-state index contributed by atoms with van der Waals surface area (Å²) in [7, 11) is 2.96. The summed E-state index contributed by atoms with van der Waals surface area (Å²) in [6.07, 6.45) is 3.49.